The number of carbonyl (C=O) groups is 2. The Labute approximate surface area is 214 Å². The lowest BCUT2D eigenvalue weighted by atomic mass is 10.0. The first-order chi connectivity index (χ1) is 17.8. The molecule has 1 aromatic heterocycles. The van der Waals surface area contributed by atoms with E-state index in [4.69, 9.17) is 13.9 Å². The standard InChI is InChI=1S/C29H30O8/c1-4-9-21-24(13-11-19(18(3)30)27(21)32)35-15-7-6-8-16-36-25-14-12-20-23(31)17-26(29(33)34)37-28(20)22(25)10-5-2/h4-5,11-14,17,32H,1-2,6-10,15-16H2,3H3,(H,33,34). The van der Waals surface area contributed by atoms with E-state index in [1.165, 1.54) is 6.92 Å². The number of phenolic OH excluding ortho intramolecular Hbond substituents is 1. The van der Waals surface area contributed by atoms with Gasteiger partial charge in [0, 0.05) is 17.2 Å². The van der Waals surface area contributed by atoms with E-state index in [9.17, 15) is 24.6 Å². The number of carboxylic acids is 1. The number of rotatable bonds is 14. The van der Waals surface area contributed by atoms with Crippen LogP contribution in [0.4, 0.5) is 0 Å². The van der Waals surface area contributed by atoms with E-state index in [0.717, 1.165) is 25.3 Å². The summed E-state index contributed by atoms with van der Waals surface area (Å²) in [5.74, 6) is -1.02. The lowest BCUT2D eigenvalue weighted by molar-refractivity contribution is 0.0662. The fourth-order valence-electron chi connectivity index (χ4n) is 3.96. The molecule has 2 aromatic carbocycles. The first kappa shape index (κ1) is 27.3. The van der Waals surface area contributed by atoms with Gasteiger partial charge in [0.2, 0.25) is 5.76 Å². The number of carboxylic acid groups (broad SMARTS) is 1. The largest absolute Gasteiger partial charge is 0.507 e. The van der Waals surface area contributed by atoms with Crippen LogP contribution in [0.2, 0.25) is 0 Å². The fourth-order valence-corrected chi connectivity index (χ4v) is 3.96. The van der Waals surface area contributed by atoms with Crippen molar-refractivity contribution in [2.75, 3.05) is 13.2 Å². The number of fused-ring (bicyclic) bond motifs is 1. The van der Waals surface area contributed by atoms with E-state index in [2.05, 4.69) is 13.2 Å². The van der Waals surface area contributed by atoms with Crippen molar-refractivity contribution in [1.82, 2.24) is 0 Å². The van der Waals surface area contributed by atoms with Gasteiger partial charge in [0.1, 0.15) is 22.8 Å². The molecule has 0 aliphatic heterocycles. The lowest BCUT2D eigenvalue weighted by Gasteiger charge is -2.14. The molecule has 3 rings (SSSR count). The summed E-state index contributed by atoms with van der Waals surface area (Å²) in [4.78, 5) is 35.3. The summed E-state index contributed by atoms with van der Waals surface area (Å²) in [6.07, 6.45) is 6.26. The second kappa shape index (κ2) is 12.6. The maximum absolute atomic E-state index is 12.3. The van der Waals surface area contributed by atoms with Crippen LogP contribution in [-0.2, 0) is 12.8 Å². The number of hydrogen-bond acceptors (Lipinski definition) is 7. The lowest BCUT2D eigenvalue weighted by Crippen LogP contribution is -2.09. The zero-order chi connectivity index (χ0) is 26.9. The summed E-state index contributed by atoms with van der Waals surface area (Å²) in [6, 6.07) is 7.45. The molecular formula is C29H30O8. The van der Waals surface area contributed by atoms with Crippen molar-refractivity contribution in [1.29, 1.82) is 0 Å². The number of aromatic carboxylic acids is 1. The van der Waals surface area contributed by atoms with E-state index in [1.54, 1.807) is 36.4 Å². The number of unbranched alkanes of at least 4 members (excludes halogenated alkanes) is 2. The number of allylic oxidation sites excluding steroid dienone is 2. The molecule has 0 saturated carbocycles. The zero-order valence-electron chi connectivity index (χ0n) is 20.7. The van der Waals surface area contributed by atoms with Crippen LogP contribution in [0, 0.1) is 0 Å². The minimum absolute atomic E-state index is 0.0738. The van der Waals surface area contributed by atoms with Gasteiger partial charge in [0.05, 0.1) is 24.2 Å². The topological polar surface area (TPSA) is 123 Å². The van der Waals surface area contributed by atoms with Crippen molar-refractivity contribution < 1.29 is 33.7 Å². The van der Waals surface area contributed by atoms with Crippen molar-refractivity contribution in [2.45, 2.75) is 39.0 Å². The third-order valence-electron chi connectivity index (χ3n) is 5.79. The Balaban J connectivity index is 1.59. The molecule has 8 heteroatoms. The van der Waals surface area contributed by atoms with E-state index < -0.39 is 17.2 Å². The Morgan fingerprint density at radius 3 is 2.14 bits per heavy atom. The van der Waals surface area contributed by atoms with Gasteiger partial charge in [0.15, 0.2) is 11.2 Å². The van der Waals surface area contributed by atoms with Crippen LogP contribution in [0.15, 0.2) is 64.9 Å². The normalized spacial score (nSPS) is 10.7. The number of hydrogen-bond donors (Lipinski definition) is 2. The fraction of sp³-hybridized carbons (Fsp3) is 0.276. The van der Waals surface area contributed by atoms with Gasteiger partial charge in [-0.15, -0.1) is 13.2 Å². The first-order valence-electron chi connectivity index (χ1n) is 11.9. The summed E-state index contributed by atoms with van der Waals surface area (Å²) < 4.78 is 17.3. The molecule has 8 nitrogen and oxygen atoms in total. The molecule has 3 aromatic rings. The van der Waals surface area contributed by atoms with Crippen molar-refractivity contribution in [3.05, 3.63) is 88.3 Å². The second-order valence-corrected chi connectivity index (χ2v) is 8.44. The van der Waals surface area contributed by atoms with Crippen LogP contribution >= 0.6 is 0 Å². The van der Waals surface area contributed by atoms with Crippen LogP contribution in [0.1, 0.15) is 58.2 Å². The Hall–Kier alpha value is -4.33. The molecule has 0 aliphatic rings. The summed E-state index contributed by atoms with van der Waals surface area (Å²) in [5.41, 5.74) is 1.11. The smallest absolute Gasteiger partial charge is 0.371 e. The summed E-state index contributed by atoms with van der Waals surface area (Å²) >= 11 is 0. The number of Topliss-reactive ketones (excluding diaryl/α,β-unsaturated/α-hetero) is 1. The molecule has 0 spiro atoms. The summed E-state index contributed by atoms with van der Waals surface area (Å²) in [5, 5.41) is 19.9. The Morgan fingerprint density at radius 2 is 1.54 bits per heavy atom. The van der Waals surface area contributed by atoms with Gasteiger partial charge in [-0.1, -0.05) is 12.2 Å². The highest BCUT2D eigenvalue weighted by Crippen LogP contribution is 2.33. The highest BCUT2D eigenvalue weighted by molar-refractivity contribution is 5.97. The average molecular weight is 507 g/mol. The third kappa shape index (κ3) is 6.46. The van der Waals surface area contributed by atoms with E-state index in [1.807, 2.05) is 0 Å². The van der Waals surface area contributed by atoms with Gasteiger partial charge in [0.25, 0.3) is 0 Å². The SMILES string of the molecule is C=CCc1c(OCCCCCOc2ccc3c(=O)cc(C(=O)O)oc3c2CC=C)ccc(C(C)=O)c1O. The Bertz CT molecular complexity index is 1380. The Morgan fingerprint density at radius 1 is 0.946 bits per heavy atom. The molecule has 0 amide bonds. The monoisotopic (exact) mass is 506 g/mol. The van der Waals surface area contributed by atoms with Gasteiger partial charge in [-0.05, 0) is 63.3 Å². The highest BCUT2D eigenvalue weighted by atomic mass is 16.5. The molecule has 0 aliphatic carbocycles. The van der Waals surface area contributed by atoms with E-state index in [-0.39, 0.29) is 28.1 Å². The molecule has 0 fully saturated rings. The quantitative estimate of drug-likeness (QED) is 0.167. The number of phenols is 1. The summed E-state index contributed by atoms with van der Waals surface area (Å²) in [6.45, 7) is 9.65. The van der Waals surface area contributed by atoms with Gasteiger partial charge >= 0.3 is 5.97 Å². The molecule has 2 N–H and O–H groups in total. The van der Waals surface area contributed by atoms with Gasteiger partial charge in [-0.3, -0.25) is 9.59 Å². The molecule has 1 heterocycles. The minimum Gasteiger partial charge on any atom is -0.507 e. The minimum atomic E-state index is -1.32. The molecule has 0 atom stereocenters. The summed E-state index contributed by atoms with van der Waals surface area (Å²) in [7, 11) is 0. The van der Waals surface area contributed by atoms with Crippen molar-refractivity contribution in [3.8, 4) is 17.2 Å². The molecule has 0 bridgehead atoms. The number of carbonyl (C=O) groups excluding carboxylic acids is 1. The maximum atomic E-state index is 12.3. The molecule has 37 heavy (non-hydrogen) atoms. The maximum Gasteiger partial charge on any atom is 0.371 e. The predicted molar refractivity (Wildman–Crippen MR) is 140 cm³/mol. The second-order valence-electron chi connectivity index (χ2n) is 8.44. The average Bonchev–Trinajstić information content (AvgIpc) is 2.86. The Kier molecular flexibility index (Phi) is 9.27. The van der Waals surface area contributed by atoms with Crippen LogP contribution in [0.5, 0.6) is 17.2 Å². The van der Waals surface area contributed by atoms with Crippen LogP contribution in [0.3, 0.4) is 0 Å². The van der Waals surface area contributed by atoms with Gasteiger partial charge < -0.3 is 24.1 Å². The number of ketones is 1. The van der Waals surface area contributed by atoms with Crippen molar-refractivity contribution in [2.24, 2.45) is 0 Å². The molecule has 0 unspecified atom stereocenters. The number of benzene rings is 2. The third-order valence-corrected chi connectivity index (χ3v) is 5.79. The molecule has 0 saturated heterocycles. The molecule has 0 radical (unpaired) electrons. The van der Waals surface area contributed by atoms with Crippen LogP contribution in [0.25, 0.3) is 11.0 Å². The van der Waals surface area contributed by atoms with Crippen LogP contribution in [-0.4, -0.2) is 35.2 Å². The van der Waals surface area contributed by atoms with Crippen molar-refractivity contribution in [3.63, 3.8) is 0 Å². The molecule has 194 valence electrons. The van der Waals surface area contributed by atoms with Gasteiger partial charge in [-0.25, -0.2) is 4.79 Å². The van der Waals surface area contributed by atoms with E-state index in [0.29, 0.717) is 48.7 Å². The number of ether oxygens (including phenoxy) is 2. The molecular weight excluding hydrogens is 476 g/mol. The van der Waals surface area contributed by atoms with Gasteiger partial charge in [-0.2, -0.15) is 0 Å². The number of aromatic hydroxyl groups is 1. The zero-order valence-corrected chi connectivity index (χ0v) is 20.7. The highest BCUT2D eigenvalue weighted by Gasteiger charge is 2.17. The van der Waals surface area contributed by atoms with Crippen molar-refractivity contribution >= 4 is 22.7 Å². The van der Waals surface area contributed by atoms with E-state index >= 15 is 0 Å². The predicted octanol–water partition coefficient (Wildman–Crippen LogP) is 5.48. The van der Waals surface area contributed by atoms with Crippen LogP contribution < -0.4 is 14.9 Å². The first-order valence-corrected chi connectivity index (χ1v) is 11.9.